The van der Waals surface area contributed by atoms with Gasteiger partial charge < -0.3 is 10.1 Å². The van der Waals surface area contributed by atoms with Gasteiger partial charge in [0.25, 0.3) is 0 Å². The Kier molecular flexibility index (Phi) is 3.85. The van der Waals surface area contributed by atoms with E-state index < -0.39 is 0 Å². The summed E-state index contributed by atoms with van der Waals surface area (Å²) in [5, 5.41) is 5.30. The van der Waals surface area contributed by atoms with E-state index in [-0.39, 0.29) is 0 Å². The van der Waals surface area contributed by atoms with Crippen LogP contribution in [-0.4, -0.2) is 24.2 Å². The summed E-state index contributed by atoms with van der Waals surface area (Å²) >= 11 is 5.98. The number of pyridine rings is 1. The zero-order valence-corrected chi connectivity index (χ0v) is 11.5. The van der Waals surface area contributed by atoms with Crippen LogP contribution in [0.15, 0.2) is 30.5 Å². The van der Waals surface area contributed by atoms with Crippen LogP contribution in [0, 0.1) is 0 Å². The van der Waals surface area contributed by atoms with Gasteiger partial charge in [-0.3, -0.25) is 4.98 Å². The van der Waals surface area contributed by atoms with Crippen LogP contribution in [0.2, 0.25) is 5.02 Å². The lowest BCUT2D eigenvalue weighted by Gasteiger charge is -2.12. The number of rotatable bonds is 4. The lowest BCUT2D eigenvalue weighted by Crippen LogP contribution is -2.12. The maximum Gasteiger partial charge on any atom is 0.0737 e. The van der Waals surface area contributed by atoms with Gasteiger partial charge in [-0.05, 0) is 43.5 Å². The van der Waals surface area contributed by atoms with Crippen molar-refractivity contribution in [3.63, 3.8) is 0 Å². The minimum Gasteiger partial charge on any atom is -0.384 e. The summed E-state index contributed by atoms with van der Waals surface area (Å²) in [5.41, 5.74) is 2.04. The van der Waals surface area contributed by atoms with E-state index >= 15 is 0 Å². The van der Waals surface area contributed by atoms with E-state index in [2.05, 4.69) is 10.3 Å². The van der Waals surface area contributed by atoms with Crippen molar-refractivity contribution in [1.82, 2.24) is 4.98 Å². The van der Waals surface area contributed by atoms with Gasteiger partial charge in [-0.15, -0.1) is 0 Å². The van der Waals surface area contributed by atoms with Crippen LogP contribution in [0.3, 0.4) is 0 Å². The van der Waals surface area contributed by atoms with E-state index in [0.29, 0.717) is 6.10 Å². The summed E-state index contributed by atoms with van der Waals surface area (Å²) in [7, 11) is 0. The molecule has 1 saturated heterocycles. The molecule has 19 heavy (non-hydrogen) atoms. The van der Waals surface area contributed by atoms with E-state index in [0.717, 1.165) is 41.2 Å². The fourth-order valence-corrected chi connectivity index (χ4v) is 2.68. The molecule has 1 aromatic heterocycles. The van der Waals surface area contributed by atoms with Crippen molar-refractivity contribution in [2.75, 3.05) is 18.5 Å². The first-order valence-corrected chi connectivity index (χ1v) is 7.10. The summed E-state index contributed by atoms with van der Waals surface area (Å²) < 4.78 is 5.62. The van der Waals surface area contributed by atoms with Crippen LogP contribution in [0.4, 0.5) is 5.69 Å². The van der Waals surface area contributed by atoms with Crippen molar-refractivity contribution in [1.29, 1.82) is 0 Å². The van der Waals surface area contributed by atoms with Gasteiger partial charge in [0.15, 0.2) is 0 Å². The van der Waals surface area contributed by atoms with Crippen LogP contribution in [0.5, 0.6) is 0 Å². The average molecular weight is 277 g/mol. The van der Waals surface area contributed by atoms with Gasteiger partial charge in [-0.1, -0.05) is 11.6 Å². The molecule has 3 rings (SSSR count). The molecular weight excluding hydrogens is 260 g/mol. The Morgan fingerprint density at radius 2 is 2.32 bits per heavy atom. The summed E-state index contributed by atoms with van der Waals surface area (Å²) in [4.78, 5) is 4.34. The van der Waals surface area contributed by atoms with E-state index in [1.165, 1.54) is 12.8 Å². The van der Waals surface area contributed by atoms with Gasteiger partial charge in [0, 0.05) is 35.4 Å². The van der Waals surface area contributed by atoms with Gasteiger partial charge in [0.05, 0.1) is 11.6 Å². The predicted octanol–water partition coefficient (Wildman–Crippen LogP) is 3.87. The Balaban J connectivity index is 1.70. The van der Waals surface area contributed by atoms with Crippen molar-refractivity contribution in [2.24, 2.45) is 0 Å². The van der Waals surface area contributed by atoms with Crippen LogP contribution in [0.1, 0.15) is 19.3 Å². The summed E-state index contributed by atoms with van der Waals surface area (Å²) in [6.45, 7) is 1.84. The number of ether oxygens (including phenoxy) is 1. The Hall–Kier alpha value is -1.32. The zero-order chi connectivity index (χ0) is 13.1. The second kappa shape index (κ2) is 5.76. The Morgan fingerprint density at radius 3 is 3.16 bits per heavy atom. The number of fused-ring (bicyclic) bond motifs is 1. The highest BCUT2D eigenvalue weighted by atomic mass is 35.5. The molecule has 1 fully saturated rings. The minimum absolute atomic E-state index is 0.426. The number of aromatic nitrogens is 1. The normalized spacial score (nSPS) is 18.9. The molecule has 1 N–H and O–H groups in total. The summed E-state index contributed by atoms with van der Waals surface area (Å²) in [6, 6.07) is 7.81. The smallest absolute Gasteiger partial charge is 0.0737 e. The number of halogens is 1. The molecule has 0 amide bonds. The van der Waals surface area contributed by atoms with Crippen molar-refractivity contribution in [3.05, 3.63) is 35.5 Å². The molecule has 2 heterocycles. The molecule has 0 bridgehead atoms. The lowest BCUT2D eigenvalue weighted by atomic mass is 10.1. The Bertz CT molecular complexity index is 567. The molecule has 1 aliphatic rings. The van der Waals surface area contributed by atoms with E-state index in [9.17, 15) is 0 Å². The zero-order valence-electron chi connectivity index (χ0n) is 10.7. The SMILES string of the molecule is Clc1ccc2c(NCCC3CCCO3)ccnc2c1. The minimum atomic E-state index is 0.426. The molecule has 1 aliphatic heterocycles. The largest absolute Gasteiger partial charge is 0.384 e. The fraction of sp³-hybridized carbons (Fsp3) is 0.400. The third kappa shape index (κ3) is 2.99. The Labute approximate surface area is 117 Å². The second-order valence-corrected chi connectivity index (χ2v) is 5.31. The molecule has 0 aliphatic carbocycles. The van der Waals surface area contributed by atoms with Gasteiger partial charge in [0.1, 0.15) is 0 Å². The molecule has 0 saturated carbocycles. The highest BCUT2D eigenvalue weighted by Crippen LogP contribution is 2.24. The second-order valence-electron chi connectivity index (χ2n) is 4.87. The van der Waals surface area contributed by atoms with Crippen LogP contribution < -0.4 is 5.32 Å². The molecule has 2 aromatic rings. The molecule has 4 heteroatoms. The topological polar surface area (TPSA) is 34.1 Å². The number of hydrogen-bond donors (Lipinski definition) is 1. The average Bonchev–Trinajstić information content (AvgIpc) is 2.92. The van der Waals surface area contributed by atoms with Gasteiger partial charge >= 0.3 is 0 Å². The quantitative estimate of drug-likeness (QED) is 0.920. The van der Waals surface area contributed by atoms with E-state index in [4.69, 9.17) is 16.3 Å². The first kappa shape index (κ1) is 12.7. The maximum absolute atomic E-state index is 5.98. The Morgan fingerprint density at radius 1 is 1.37 bits per heavy atom. The monoisotopic (exact) mass is 276 g/mol. The third-order valence-electron chi connectivity index (χ3n) is 3.51. The third-order valence-corrected chi connectivity index (χ3v) is 3.75. The van der Waals surface area contributed by atoms with Gasteiger partial charge in [0.2, 0.25) is 0 Å². The van der Waals surface area contributed by atoms with Crippen molar-refractivity contribution in [3.8, 4) is 0 Å². The summed E-state index contributed by atoms with van der Waals surface area (Å²) in [5.74, 6) is 0. The standard InChI is InChI=1S/C15H17ClN2O/c16-11-3-4-13-14(6-8-18-15(13)10-11)17-7-5-12-2-1-9-19-12/h3-4,6,8,10,12H,1-2,5,7,9H2,(H,17,18). The number of nitrogens with one attached hydrogen (secondary N) is 1. The molecule has 0 spiro atoms. The number of hydrogen-bond acceptors (Lipinski definition) is 3. The molecule has 3 nitrogen and oxygen atoms in total. The number of nitrogens with zero attached hydrogens (tertiary/aromatic N) is 1. The molecule has 1 aromatic carbocycles. The van der Waals surface area contributed by atoms with Crippen LogP contribution in [0.25, 0.3) is 10.9 Å². The lowest BCUT2D eigenvalue weighted by molar-refractivity contribution is 0.107. The first-order chi connectivity index (χ1) is 9.33. The van der Waals surface area contributed by atoms with Gasteiger partial charge in [-0.2, -0.15) is 0 Å². The van der Waals surface area contributed by atoms with Crippen LogP contribution >= 0.6 is 11.6 Å². The summed E-state index contributed by atoms with van der Waals surface area (Å²) in [6.07, 6.45) is 5.68. The van der Waals surface area contributed by atoms with Crippen molar-refractivity contribution >= 4 is 28.2 Å². The van der Waals surface area contributed by atoms with Crippen LogP contribution in [-0.2, 0) is 4.74 Å². The molecule has 0 radical (unpaired) electrons. The number of anilines is 1. The molecule has 100 valence electrons. The first-order valence-electron chi connectivity index (χ1n) is 6.73. The fourth-order valence-electron chi connectivity index (χ4n) is 2.52. The molecule has 1 atom stereocenters. The van der Waals surface area contributed by atoms with Gasteiger partial charge in [-0.25, -0.2) is 0 Å². The molecule has 1 unspecified atom stereocenters. The maximum atomic E-state index is 5.98. The number of benzene rings is 1. The predicted molar refractivity (Wildman–Crippen MR) is 78.8 cm³/mol. The van der Waals surface area contributed by atoms with Crippen molar-refractivity contribution in [2.45, 2.75) is 25.4 Å². The highest BCUT2D eigenvalue weighted by Gasteiger charge is 2.14. The highest BCUT2D eigenvalue weighted by molar-refractivity contribution is 6.31. The molecular formula is C15H17ClN2O. The van der Waals surface area contributed by atoms with Crippen molar-refractivity contribution < 1.29 is 4.74 Å². The van der Waals surface area contributed by atoms with E-state index in [1.807, 2.05) is 30.5 Å². The van der Waals surface area contributed by atoms with E-state index in [1.54, 1.807) is 0 Å².